The van der Waals surface area contributed by atoms with E-state index < -0.39 is 66.1 Å². The van der Waals surface area contributed by atoms with Crippen LogP contribution in [-0.2, 0) is 39.9 Å². The maximum Gasteiger partial charge on any atom is 0.269 e. The molecule has 3 rings (SSSR count). The van der Waals surface area contributed by atoms with Gasteiger partial charge in [-0.05, 0) is 55.3 Å². The first-order valence-electron chi connectivity index (χ1n) is 21.6. The molecule has 1 aliphatic heterocycles. The molecule has 0 unspecified atom stereocenters. The van der Waals surface area contributed by atoms with Crippen molar-refractivity contribution in [1.29, 1.82) is 0 Å². The number of hydrogen-bond donors (Lipinski definition) is 5. The Morgan fingerprint density at radius 1 is 0.787 bits per heavy atom. The number of hydrazine groups is 1. The fraction of sp³-hybridized carbons (Fsp3) is 0.609. The van der Waals surface area contributed by atoms with Gasteiger partial charge in [0.15, 0.2) is 0 Å². The Labute approximate surface area is 362 Å². The standard InChI is InChI=1S/C46H71N7O8/c1-12-30(6)40(52(9)46(59)39(29(4)5)49-45(58)38(47-8)28(2)3)36(60-10)27-37(54)53-25-19-24-35(53)41(61-11)31(7)42(55)48-34(26-32-20-15-13-16-21-32)44(57)51-50-43(56)33-22-17-14-18-23-33/h13-18,20-23,28-31,34-36,38-41,47H,12,19,24-27H2,1-11H3,(H,48,55)(H,49,58)(H,50,56)(H,51,57)/t30-,31+,34-,35-,36+,38-,39-,40-,41+/m0/s1. The molecule has 2 aromatic carbocycles. The monoisotopic (exact) mass is 850 g/mol. The van der Waals surface area contributed by atoms with E-state index in [1.165, 1.54) is 14.2 Å². The van der Waals surface area contributed by atoms with Crippen LogP contribution in [0, 0.1) is 23.7 Å². The summed E-state index contributed by atoms with van der Waals surface area (Å²) in [7, 11) is 6.47. The molecule has 0 aromatic heterocycles. The summed E-state index contributed by atoms with van der Waals surface area (Å²) in [5.74, 6) is -3.33. The number of rotatable bonds is 22. The Bertz CT molecular complexity index is 1730. The first-order chi connectivity index (χ1) is 29.0. The van der Waals surface area contributed by atoms with Crippen molar-refractivity contribution in [1.82, 2.24) is 36.6 Å². The smallest absolute Gasteiger partial charge is 0.269 e. The van der Waals surface area contributed by atoms with Crippen molar-refractivity contribution in [3.8, 4) is 0 Å². The van der Waals surface area contributed by atoms with Crippen molar-refractivity contribution in [3.05, 3.63) is 71.8 Å². The zero-order chi connectivity index (χ0) is 45.4. The third kappa shape index (κ3) is 13.8. The zero-order valence-electron chi connectivity index (χ0n) is 38.0. The second-order valence-corrected chi connectivity index (χ2v) is 16.9. The van der Waals surface area contributed by atoms with Gasteiger partial charge in [0, 0.05) is 39.8 Å². The van der Waals surface area contributed by atoms with Crippen molar-refractivity contribution >= 4 is 35.4 Å². The molecule has 1 saturated heterocycles. The fourth-order valence-corrected chi connectivity index (χ4v) is 8.28. The molecule has 15 heteroatoms. The molecule has 9 atom stereocenters. The van der Waals surface area contributed by atoms with Crippen LogP contribution in [-0.4, -0.2) is 123 Å². The van der Waals surface area contributed by atoms with E-state index in [1.54, 1.807) is 61.2 Å². The van der Waals surface area contributed by atoms with Crippen molar-refractivity contribution in [2.24, 2.45) is 23.7 Å². The molecular formula is C46H71N7O8. The van der Waals surface area contributed by atoms with Crippen molar-refractivity contribution in [2.45, 2.75) is 123 Å². The van der Waals surface area contributed by atoms with E-state index in [0.29, 0.717) is 31.4 Å². The lowest BCUT2D eigenvalue weighted by Gasteiger charge is -2.41. The average molecular weight is 850 g/mol. The molecule has 0 bridgehead atoms. The van der Waals surface area contributed by atoms with E-state index in [0.717, 1.165) is 5.56 Å². The molecule has 0 saturated carbocycles. The van der Waals surface area contributed by atoms with Crippen LogP contribution in [0.25, 0.3) is 0 Å². The van der Waals surface area contributed by atoms with Crippen LogP contribution in [0.4, 0.5) is 0 Å². The van der Waals surface area contributed by atoms with Crippen LogP contribution in [0.3, 0.4) is 0 Å². The lowest BCUT2D eigenvalue weighted by Crippen LogP contribution is -2.59. The lowest BCUT2D eigenvalue weighted by molar-refractivity contribution is -0.148. The molecule has 2 aromatic rings. The van der Waals surface area contributed by atoms with E-state index in [1.807, 2.05) is 71.9 Å². The van der Waals surface area contributed by atoms with Crippen LogP contribution in [0.15, 0.2) is 60.7 Å². The third-order valence-electron chi connectivity index (χ3n) is 12.0. The number of nitrogens with zero attached hydrogens (tertiary/aromatic N) is 2. The van der Waals surface area contributed by atoms with Crippen LogP contribution in [0.5, 0.6) is 0 Å². The van der Waals surface area contributed by atoms with Crippen LogP contribution in [0.1, 0.15) is 90.1 Å². The number of nitrogens with one attached hydrogen (secondary N) is 5. The van der Waals surface area contributed by atoms with Gasteiger partial charge < -0.3 is 35.2 Å². The van der Waals surface area contributed by atoms with Crippen LogP contribution >= 0.6 is 0 Å². The van der Waals surface area contributed by atoms with Gasteiger partial charge in [-0.25, -0.2) is 0 Å². The molecule has 6 amide bonds. The molecule has 0 radical (unpaired) electrons. The Morgan fingerprint density at radius 2 is 1.39 bits per heavy atom. The number of ether oxygens (including phenoxy) is 2. The second kappa shape index (κ2) is 24.5. The molecule has 338 valence electrons. The van der Waals surface area contributed by atoms with E-state index >= 15 is 0 Å². The summed E-state index contributed by atoms with van der Waals surface area (Å²) in [6.45, 7) is 13.9. The maximum atomic E-state index is 14.3. The minimum absolute atomic E-state index is 0.0101. The van der Waals surface area contributed by atoms with Gasteiger partial charge in [0.25, 0.3) is 11.8 Å². The summed E-state index contributed by atoms with van der Waals surface area (Å²) in [4.78, 5) is 85.4. The summed E-state index contributed by atoms with van der Waals surface area (Å²) in [6, 6.07) is 14.4. The van der Waals surface area contributed by atoms with E-state index in [4.69, 9.17) is 9.47 Å². The predicted octanol–water partition coefficient (Wildman–Crippen LogP) is 3.48. The quantitative estimate of drug-likeness (QED) is 0.111. The Balaban J connectivity index is 1.79. The highest BCUT2D eigenvalue weighted by Crippen LogP contribution is 2.30. The number of carbonyl (C=O) groups is 6. The number of amides is 6. The van der Waals surface area contributed by atoms with E-state index in [2.05, 4.69) is 26.8 Å². The first-order valence-corrected chi connectivity index (χ1v) is 21.6. The molecule has 0 aliphatic carbocycles. The summed E-state index contributed by atoms with van der Waals surface area (Å²) < 4.78 is 12.0. The molecule has 15 nitrogen and oxygen atoms in total. The molecule has 61 heavy (non-hydrogen) atoms. The van der Waals surface area contributed by atoms with E-state index in [9.17, 15) is 28.8 Å². The van der Waals surface area contributed by atoms with Gasteiger partial charge in [-0.15, -0.1) is 0 Å². The molecule has 1 aliphatic rings. The molecular weight excluding hydrogens is 779 g/mol. The SMILES string of the molecule is CC[C@H](C)[C@@H]([C@@H](CC(=O)N1CCC[C@H]1[C@H](OC)[C@@H](C)C(=O)N[C@@H](Cc1ccccc1)C(=O)NNC(=O)c1ccccc1)OC)N(C)C(=O)[C@@H](NC(=O)[C@@H](NC)C(C)C)C(C)C. The zero-order valence-corrected chi connectivity index (χ0v) is 38.0. The average Bonchev–Trinajstić information content (AvgIpc) is 3.74. The van der Waals surface area contributed by atoms with Crippen molar-refractivity contribution < 1.29 is 38.2 Å². The molecule has 1 fully saturated rings. The van der Waals surface area contributed by atoms with Gasteiger partial charge in [0.05, 0.1) is 42.7 Å². The van der Waals surface area contributed by atoms with Gasteiger partial charge in [0.2, 0.25) is 23.6 Å². The fourth-order valence-electron chi connectivity index (χ4n) is 8.28. The minimum Gasteiger partial charge on any atom is -0.379 e. The summed E-state index contributed by atoms with van der Waals surface area (Å²) in [5, 5.41) is 8.90. The van der Waals surface area contributed by atoms with Crippen molar-refractivity contribution in [2.75, 3.05) is 34.9 Å². The van der Waals surface area contributed by atoms with Gasteiger partial charge in [-0.2, -0.15) is 0 Å². The highest BCUT2D eigenvalue weighted by atomic mass is 16.5. The van der Waals surface area contributed by atoms with E-state index in [-0.39, 0.29) is 48.3 Å². The normalized spacial score (nSPS) is 17.9. The van der Waals surface area contributed by atoms with Crippen LogP contribution < -0.4 is 26.8 Å². The number of methoxy groups -OCH3 is 2. The summed E-state index contributed by atoms with van der Waals surface area (Å²) in [5.41, 5.74) is 6.05. The number of likely N-dealkylation sites (tertiary alicyclic amines) is 1. The van der Waals surface area contributed by atoms with Gasteiger partial charge >= 0.3 is 0 Å². The Kier molecular flexibility index (Phi) is 20.3. The number of carbonyl (C=O) groups excluding carboxylic acids is 6. The topological polar surface area (TPSA) is 188 Å². The number of likely N-dealkylation sites (N-methyl/N-ethyl adjacent to an activating group) is 2. The van der Waals surface area contributed by atoms with Gasteiger partial charge in [-0.3, -0.25) is 39.6 Å². The van der Waals surface area contributed by atoms with Gasteiger partial charge in [-0.1, -0.05) is 103 Å². The maximum absolute atomic E-state index is 14.3. The highest BCUT2D eigenvalue weighted by molar-refractivity contribution is 5.96. The van der Waals surface area contributed by atoms with Gasteiger partial charge in [0.1, 0.15) is 12.1 Å². The van der Waals surface area contributed by atoms with Crippen LogP contribution in [0.2, 0.25) is 0 Å². The largest absolute Gasteiger partial charge is 0.379 e. The number of benzene rings is 2. The Morgan fingerprint density at radius 3 is 1.93 bits per heavy atom. The minimum atomic E-state index is -1.05. The Hall–Kier alpha value is -4.86. The summed E-state index contributed by atoms with van der Waals surface area (Å²) in [6.07, 6.45) is 0.715. The molecule has 0 spiro atoms. The highest BCUT2D eigenvalue weighted by Gasteiger charge is 2.43. The van der Waals surface area contributed by atoms with Crippen molar-refractivity contribution in [3.63, 3.8) is 0 Å². The second-order valence-electron chi connectivity index (χ2n) is 16.9. The molecule has 1 heterocycles. The number of hydrogen-bond acceptors (Lipinski definition) is 9. The third-order valence-corrected chi connectivity index (χ3v) is 12.0. The predicted molar refractivity (Wildman–Crippen MR) is 235 cm³/mol. The first kappa shape index (κ1) is 50.5. The summed E-state index contributed by atoms with van der Waals surface area (Å²) >= 11 is 0. The lowest BCUT2D eigenvalue weighted by atomic mass is 9.89. The molecule has 5 N–H and O–H groups in total.